The van der Waals surface area contributed by atoms with Crippen molar-refractivity contribution in [1.29, 1.82) is 0 Å². The summed E-state index contributed by atoms with van der Waals surface area (Å²) in [6.45, 7) is 9.00. The number of esters is 2. The summed E-state index contributed by atoms with van der Waals surface area (Å²) in [5, 5.41) is 0. The maximum Gasteiger partial charge on any atom is 0.343 e. The van der Waals surface area contributed by atoms with Gasteiger partial charge >= 0.3 is 11.9 Å². The second kappa shape index (κ2) is 16.8. The second-order valence-electron chi connectivity index (χ2n) is 11.0. The zero-order chi connectivity index (χ0) is 27.9. The normalized spacial score (nSPS) is 17.7. The highest BCUT2D eigenvalue weighted by Crippen LogP contribution is 2.33. The summed E-state index contributed by atoms with van der Waals surface area (Å²) in [6, 6.07) is 13.7. The molecule has 0 radical (unpaired) electrons. The van der Waals surface area contributed by atoms with E-state index in [1.807, 2.05) is 6.08 Å². The van der Waals surface area contributed by atoms with E-state index in [0.29, 0.717) is 29.6 Å². The monoisotopic (exact) mass is 534 g/mol. The minimum atomic E-state index is -0.443. The number of hydrogen-bond donors (Lipinski definition) is 0. The SMILES string of the molecule is C=CCCCC1CCC(C(=O)Oc2ccc(OC(=O)c3ccc(OCCCCC[C@@H](C)CC)cc3)cc2)CC1. The van der Waals surface area contributed by atoms with Crippen LogP contribution >= 0.6 is 0 Å². The van der Waals surface area contributed by atoms with Gasteiger partial charge in [0.1, 0.15) is 17.2 Å². The average molecular weight is 535 g/mol. The molecule has 0 saturated heterocycles. The fourth-order valence-electron chi connectivity index (χ4n) is 5.03. The van der Waals surface area contributed by atoms with Crippen molar-refractivity contribution in [3.8, 4) is 17.2 Å². The Bertz CT molecular complexity index is 1000. The molecule has 0 N–H and O–H groups in total. The van der Waals surface area contributed by atoms with E-state index in [1.54, 1.807) is 48.5 Å². The molecule has 2 aromatic carbocycles. The first-order chi connectivity index (χ1) is 19.0. The lowest BCUT2D eigenvalue weighted by atomic mass is 9.80. The summed E-state index contributed by atoms with van der Waals surface area (Å²) in [5.41, 5.74) is 0.450. The summed E-state index contributed by atoms with van der Waals surface area (Å²) in [6.07, 6.45) is 15.3. The zero-order valence-corrected chi connectivity index (χ0v) is 23.9. The maximum atomic E-state index is 12.6. The van der Waals surface area contributed by atoms with Gasteiger partial charge in [0.25, 0.3) is 0 Å². The first kappa shape index (κ1) is 30.5. The molecule has 2 aromatic rings. The number of ether oxygens (including phenoxy) is 3. The lowest BCUT2D eigenvalue weighted by molar-refractivity contribution is -0.140. The topological polar surface area (TPSA) is 61.8 Å². The minimum absolute atomic E-state index is 0.0419. The number of allylic oxidation sites excluding steroid dienone is 1. The van der Waals surface area contributed by atoms with Gasteiger partial charge in [-0.05, 0) is 105 Å². The van der Waals surface area contributed by atoms with Crippen molar-refractivity contribution in [3.63, 3.8) is 0 Å². The van der Waals surface area contributed by atoms with Gasteiger partial charge in [0.15, 0.2) is 0 Å². The van der Waals surface area contributed by atoms with Crippen molar-refractivity contribution in [3.05, 3.63) is 66.7 Å². The lowest BCUT2D eigenvalue weighted by Gasteiger charge is -2.27. The third-order valence-electron chi connectivity index (χ3n) is 7.85. The maximum absolute atomic E-state index is 12.6. The molecule has 1 aliphatic carbocycles. The molecule has 0 bridgehead atoms. The Balaban J connectivity index is 1.36. The molecule has 1 fully saturated rings. The van der Waals surface area contributed by atoms with E-state index in [4.69, 9.17) is 14.2 Å². The van der Waals surface area contributed by atoms with Crippen molar-refractivity contribution in [1.82, 2.24) is 0 Å². The third-order valence-corrected chi connectivity index (χ3v) is 7.85. The van der Waals surface area contributed by atoms with Gasteiger partial charge in [-0.15, -0.1) is 6.58 Å². The molecule has 1 aliphatic rings. The minimum Gasteiger partial charge on any atom is -0.494 e. The standard InChI is InChI=1S/C34H46O5/c1-4-6-8-12-27-13-15-28(16-14-27)33(35)38-31-21-23-32(24-22-31)39-34(36)29-17-19-30(20-18-29)37-25-10-7-9-11-26(3)5-2/h4,17-24,26-28H,1,5-16,25H2,2-3H3/t26-,27?,28?/m0/s1. The molecule has 0 aliphatic heterocycles. The number of benzene rings is 2. The zero-order valence-electron chi connectivity index (χ0n) is 23.9. The van der Waals surface area contributed by atoms with E-state index in [1.165, 1.54) is 38.5 Å². The fraction of sp³-hybridized carbons (Fsp3) is 0.529. The van der Waals surface area contributed by atoms with Crippen molar-refractivity contribution < 1.29 is 23.8 Å². The Morgan fingerprint density at radius 1 is 0.872 bits per heavy atom. The van der Waals surface area contributed by atoms with Gasteiger partial charge in [0.05, 0.1) is 18.1 Å². The molecule has 39 heavy (non-hydrogen) atoms. The van der Waals surface area contributed by atoms with Gasteiger partial charge < -0.3 is 14.2 Å². The Morgan fingerprint density at radius 2 is 1.51 bits per heavy atom. The van der Waals surface area contributed by atoms with Crippen molar-refractivity contribution in [2.24, 2.45) is 17.8 Å². The summed E-state index contributed by atoms with van der Waals surface area (Å²) >= 11 is 0. The molecular formula is C34H46O5. The molecule has 0 spiro atoms. The van der Waals surface area contributed by atoms with E-state index in [-0.39, 0.29) is 11.9 Å². The highest BCUT2D eigenvalue weighted by atomic mass is 16.5. The Hall–Kier alpha value is -3.08. The molecule has 1 saturated carbocycles. The lowest BCUT2D eigenvalue weighted by Crippen LogP contribution is -2.25. The quantitative estimate of drug-likeness (QED) is 0.0931. The van der Waals surface area contributed by atoms with Crippen molar-refractivity contribution >= 4 is 11.9 Å². The predicted molar refractivity (Wildman–Crippen MR) is 156 cm³/mol. The van der Waals surface area contributed by atoms with Crippen LogP contribution < -0.4 is 14.2 Å². The molecule has 0 heterocycles. The predicted octanol–water partition coefficient (Wildman–Crippen LogP) is 8.96. The van der Waals surface area contributed by atoms with Crippen LogP contribution in [0, 0.1) is 17.8 Å². The fourth-order valence-corrected chi connectivity index (χ4v) is 5.03. The number of carbonyl (C=O) groups excluding carboxylic acids is 2. The Kier molecular flexibility index (Phi) is 13.1. The van der Waals surface area contributed by atoms with Crippen LogP contribution in [-0.2, 0) is 4.79 Å². The van der Waals surface area contributed by atoms with Crippen LogP contribution in [0.15, 0.2) is 61.2 Å². The van der Waals surface area contributed by atoms with Crippen molar-refractivity contribution in [2.45, 2.75) is 90.9 Å². The Labute approximate surface area is 234 Å². The van der Waals surface area contributed by atoms with Gasteiger partial charge in [-0.25, -0.2) is 4.79 Å². The average Bonchev–Trinajstić information content (AvgIpc) is 2.96. The van der Waals surface area contributed by atoms with E-state index < -0.39 is 5.97 Å². The molecule has 0 aromatic heterocycles. The van der Waals surface area contributed by atoms with E-state index in [2.05, 4.69) is 20.4 Å². The van der Waals surface area contributed by atoms with Gasteiger partial charge in [-0.2, -0.15) is 0 Å². The van der Waals surface area contributed by atoms with Gasteiger partial charge in [0.2, 0.25) is 0 Å². The van der Waals surface area contributed by atoms with Gasteiger partial charge in [-0.1, -0.05) is 52.0 Å². The van der Waals surface area contributed by atoms with Crippen LogP contribution in [0.3, 0.4) is 0 Å². The van der Waals surface area contributed by atoms with Crippen LogP contribution in [0.5, 0.6) is 17.2 Å². The van der Waals surface area contributed by atoms with Crippen molar-refractivity contribution in [2.75, 3.05) is 6.61 Å². The summed E-state index contributed by atoms with van der Waals surface area (Å²) in [5.74, 6) is 2.47. The largest absolute Gasteiger partial charge is 0.494 e. The first-order valence-electron chi connectivity index (χ1n) is 14.9. The summed E-state index contributed by atoms with van der Waals surface area (Å²) < 4.78 is 16.9. The summed E-state index contributed by atoms with van der Waals surface area (Å²) in [7, 11) is 0. The van der Waals surface area contributed by atoms with Crippen LogP contribution in [0.4, 0.5) is 0 Å². The molecule has 0 amide bonds. The van der Waals surface area contributed by atoms with E-state index in [9.17, 15) is 9.59 Å². The molecule has 5 heteroatoms. The van der Waals surface area contributed by atoms with Crippen LogP contribution in [-0.4, -0.2) is 18.5 Å². The number of rotatable bonds is 16. The van der Waals surface area contributed by atoms with Gasteiger partial charge in [-0.3, -0.25) is 4.79 Å². The number of hydrogen-bond acceptors (Lipinski definition) is 5. The summed E-state index contributed by atoms with van der Waals surface area (Å²) in [4.78, 5) is 25.2. The Morgan fingerprint density at radius 3 is 2.15 bits per heavy atom. The van der Waals surface area contributed by atoms with Crippen LogP contribution in [0.1, 0.15) is 101 Å². The molecule has 0 unspecified atom stereocenters. The highest BCUT2D eigenvalue weighted by Gasteiger charge is 2.27. The molecule has 5 nitrogen and oxygen atoms in total. The molecule has 3 rings (SSSR count). The molecule has 1 atom stereocenters. The van der Waals surface area contributed by atoms with E-state index >= 15 is 0 Å². The highest BCUT2D eigenvalue weighted by molar-refractivity contribution is 5.91. The number of carbonyl (C=O) groups is 2. The number of unbranched alkanes of at least 4 members (excludes halogenated alkanes) is 3. The smallest absolute Gasteiger partial charge is 0.343 e. The van der Waals surface area contributed by atoms with Crippen LogP contribution in [0.25, 0.3) is 0 Å². The van der Waals surface area contributed by atoms with E-state index in [0.717, 1.165) is 50.2 Å². The first-order valence-corrected chi connectivity index (χ1v) is 14.9. The third kappa shape index (κ3) is 10.9. The molecular weight excluding hydrogens is 488 g/mol. The second-order valence-corrected chi connectivity index (χ2v) is 11.0. The van der Waals surface area contributed by atoms with Gasteiger partial charge in [0, 0.05) is 0 Å². The van der Waals surface area contributed by atoms with Crippen LogP contribution in [0.2, 0.25) is 0 Å². The molecule has 212 valence electrons.